The molecule has 0 spiro atoms. The molecule has 1 fully saturated rings. The Balaban J connectivity index is 0.00000211. The molecule has 1 aliphatic carbocycles. The van der Waals surface area contributed by atoms with Crippen molar-refractivity contribution in [3.8, 4) is 0 Å². The molecule has 0 aromatic heterocycles. The van der Waals surface area contributed by atoms with Crippen LogP contribution in [0.2, 0.25) is 0 Å². The van der Waals surface area contributed by atoms with E-state index in [1.54, 1.807) is 7.05 Å². The molecule has 0 radical (unpaired) electrons. The molecule has 1 N–H and O–H groups in total. The van der Waals surface area contributed by atoms with Gasteiger partial charge in [-0.25, -0.2) is 0 Å². The van der Waals surface area contributed by atoms with Gasteiger partial charge in [-0.15, -0.1) is 13.2 Å². The van der Waals surface area contributed by atoms with Crippen molar-refractivity contribution in [1.82, 2.24) is 5.32 Å². The van der Waals surface area contributed by atoms with Gasteiger partial charge in [0.05, 0.1) is 5.92 Å². The summed E-state index contributed by atoms with van der Waals surface area (Å²) in [7, 11) is 1.63. The first-order chi connectivity index (χ1) is 10.3. The molecule has 1 aliphatic rings. The van der Waals surface area contributed by atoms with Crippen molar-refractivity contribution in [3.05, 3.63) is 24.8 Å². The molecule has 1 saturated carbocycles. The minimum Gasteiger partial charge on any atom is -0.359 e. The molecular weight excluding hydrogens is 274 g/mol. The maximum Gasteiger partial charge on any atom is 0.223 e. The van der Waals surface area contributed by atoms with E-state index in [0.29, 0.717) is 0 Å². The first-order valence-corrected chi connectivity index (χ1v) is 8.25. The van der Waals surface area contributed by atoms with Gasteiger partial charge in [-0.3, -0.25) is 4.79 Å². The summed E-state index contributed by atoms with van der Waals surface area (Å²) in [4.78, 5) is 23.7. The van der Waals surface area contributed by atoms with Gasteiger partial charge in [-0.1, -0.05) is 39.3 Å². The fourth-order valence-electron chi connectivity index (χ4n) is 3.75. The zero-order valence-electron chi connectivity index (χ0n) is 15.1. The van der Waals surface area contributed by atoms with Crippen LogP contribution in [0.4, 0.5) is 0 Å². The second kappa shape index (κ2) is 8.92. The van der Waals surface area contributed by atoms with E-state index in [2.05, 4.69) is 32.3 Å². The monoisotopic (exact) mass is 307 g/mol. The lowest BCUT2D eigenvalue weighted by atomic mass is 9.67. The summed E-state index contributed by atoms with van der Waals surface area (Å²) in [6.45, 7) is 18.1. The molecule has 5 unspecified atom stereocenters. The first kappa shape index (κ1) is 20.6. The standard InChI is InChI=1S/C17H27NO2.C2H6/c1-7-17(5,9-11(2)3)14-8-12(4)13(10-19)15(14)16(20)18-6;1-2/h7,10,12-15H,1-2,8-9H2,3-6H3,(H,18,20);1-2H3. The lowest BCUT2D eigenvalue weighted by Crippen LogP contribution is -2.40. The van der Waals surface area contributed by atoms with E-state index in [9.17, 15) is 9.59 Å². The summed E-state index contributed by atoms with van der Waals surface area (Å²) >= 11 is 0. The Kier molecular flexibility index (Phi) is 8.36. The largest absolute Gasteiger partial charge is 0.359 e. The maximum atomic E-state index is 12.3. The molecule has 3 nitrogen and oxygen atoms in total. The normalized spacial score (nSPS) is 29.5. The highest BCUT2D eigenvalue weighted by atomic mass is 16.2. The second-order valence-electron chi connectivity index (χ2n) is 6.52. The molecule has 1 rings (SSSR count). The van der Waals surface area contributed by atoms with Gasteiger partial charge in [0.15, 0.2) is 0 Å². The summed E-state index contributed by atoms with van der Waals surface area (Å²) in [5.41, 5.74) is 0.875. The third-order valence-corrected chi connectivity index (χ3v) is 4.83. The molecule has 0 aromatic rings. The molecule has 1 amide bonds. The van der Waals surface area contributed by atoms with E-state index >= 15 is 0 Å². The minimum absolute atomic E-state index is 0.0359. The van der Waals surface area contributed by atoms with Crippen molar-refractivity contribution < 1.29 is 9.59 Å². The molecule has 0 heterocycles. The van der Waals surface area contributed by atoms with E-state index in [1.165, 1.54) is 0 Å². The molecule has 0 saturated heterocycles. The minimum atomic E-state index is -0.269. The predicted octanol–water partition coefficient (Wildman–Crippen LogP) is 4.00. The van der Waals surface area contributed by atoms with Crippen LogP contribution in [0.3, 0.4) is 0 Å². The van der Waals surface area contributed by atoms with E-state index < -0.39 is 0 Å². The van der Waals surface area contributed by atoms with Gasteiger partial charge in [0, 0.05) is 13.0 Å². The Bertz CT molecular complexity index is 416. The third kappa shape index (κ3) is 4.31. The average Bonchev–Trinajstić information content (AvgIpc) is 2.84. The van der Waals surface area contributed by atoms with E-state index in [-0.39, 0.29) is 35.0 Å². The van der Waals surface area contributed by atoms with Gasteiger partial charge in [-0.05, 0) is 37.0 Å². The topological polar surface area (TPSA) is 46.2 Å². The van der Waals surface area contributed by atoms with Crippen molar-refractivity contribution in [3.63, 3.8) is 0 Å². The summed E-state index contributed by atoms with van der Waals surface area (Å²) in [6, 6.07) is 0. The van der Waals surface area contributed by atoms with Crippen molar-refractivity contribution in [2.45, 2.75) is 47.5 Å². The van der Waals surface area contributed by atoms with Crippen LogP contribution in [0.5, 0.6) is 0 Å². The highest BCUT2D eigenvalue weighted by Gasteiger charge is 2.50. The van der Waals surface area contributed by atoms with Gasteiger partial charge >= 0.3 is 0 Å². The fraction of sp³-hybridized carbons (Fsp3) is 0.684. The Hall–Kier alpha value is -1.38. The first-order valence-electron chi connectivity index (χ1n) is 8.25. The number of amides is 1. The van der Waals surface area contributed by atoms with Crippen LogP contribution in [0.15, 0.2) is 24.8 Å². The van der Waals surface area contributed by atoms with Crippen molar-refractivity contribution in [1.29, 1.82) is 0 Å². The summed E-state index contributed by atoms with van der Waals surface area (Å²) in [5.74, 6) is -0.156. The van der Waals surface area contributed by atoms with Crippen LogP contribution in [0, 0.1) is 29.1 Å². The quantitative estimate of drug-likeness (QED) is 0.595. The van der Waals surface area contributed by atoms with Crippen molar-refractivity contribution in [2.75, 3.05) is 7.05 Å². The molecule has 0 aromatic carbocycles. The Morgan fingerprint density at radius 3 is 2.32 bits per heavy atom. The molecule has 5 atom stereocenters. The maximum absolute atomic E-state index is 12.3. The molecule has 22 heavy (non-hydrogen) atoms. The molecule has 0 aliphatic heterocycles. The number of hydrogen-bond acceptors (Lipinski definition) is 2. The zero-order chi connectivity index (χ0) is 17.5. The molecule has 126 valence electrons. The predicted molar refractivity (Wildman–Crippen MR) is 93.5 cm³/mol. The van der Waals surface area contributed by atoms with Gasteiger partial charge in [0.2, 0.25) is 5.91 Å². The number of nitrogens with one attached hydrogen (secondary N) is 1. The van der Waals surface area contributed by atoms with Crippen molar-refractivity contribution in [2.24, 2.45) is 29.1 Å². The SMILES string of the molecule is C=CC(C)(CC(=C)C)C1CC(C)C(C=O)C1C(=O)NC.CC. The zero-order valence-corrected chi connectivity index (χ0v) is 15.1. The Labute approximate surface area is 136 Å². The smallest absolute Gasteiger partial charge is 0.223 e. The Morgan fingerprint density at radius 2 is 1.95 bits per heavy atom. The van der Waals surface area contributed by atoms with Crippen LogP contribution in [0.1, 0.15) is 47.5 Å². The number of allylic oxidation sites excluding steroid dienone is 2. The average molecular weight is 307 g/mol. The van der Waals surface area contributed by atoms with Gasteiger partial charge in [-0.2, -0.15) is 0 Å². The third-order valence-electron chi connectivity index (χ3n) is 4.83. The van der Waals surface area contributed by atoms with Gasteiger partial charge < -0.3 is 10.1 Å². The molecule has 3 heteroatoms. The molecule has 0 bridgehead atoms. The number of rotatable bonds is 6. The summed E-state index contributed by atoms with van der Waals surface area (Å²) in [5, 5.41) is 2.72. The van der Waals surface area contributed by atoms with Crippen LogP contribution < -0.4 is 5.32 Å². The number of aldehydes is 1. The Morgan fingerprint density at radius 1 is 1.41 bits per heavy atom. The van der Waals surface area contributed by atoms with Crippen molar-refractivity contribution >= 4 is 12.2 Å². The van der Waals surface area contributed by atoms with Gasteiger partial charge in [0.1, 0.15) is 6.29 Å². The van der Waals surface area contributed by atoms with Crippen LogP contribution in [0.25, 0.3) is 0 Å². The summed E-state index contributed by atoms with van der Waals surface area (Å²) in [6.07, 6.45) is 4.56. The lowest BCUT2D eigenvalue weighted by molar-refractivity contribution is -0.131. The van der Waals surface area contributed by atoms with E-state index in [0.717, 1.165) is 24.7 Å². The summed E-state index contributed by atoms with van der Waals surface area (Å²) < 4.78 is 0. The lowest BCUT2D eigenvalue weighted by Gasteiger charge is -2.37. The fourth-order valence-corrected chi connectivity index (χ4v) is 3.75. The number of carbonyl (C=O) groups excluding carboxylic acids is 2. The van der Waals surface area contributed by atoms with Gasteiger partial charge in [0.25, 0.3) is 0 Å². The molecular formula is C19H33NO2. The van der Waals surface area contributed by atoms with E-state index in [4.69, 9.17) is 0 Å². The highest BCUT2D eigenvalue weighted by molar-refractivity contribution is 5.82. The van der Waals surface area contributed by atoms with Crippen LogP contribution in [-0.4, -0.2) is 19.2 Å². The highest BCUT2D eigenvalue weighted by Crippen LogP contribution is 2.51. The number of hydrogen-bond donors (Lipinski definition) is 1. The van der Waals surface area contributed by atoms with Crippen LogP contribution >= 0.6 is 0 Å². The van der Waals surface area contributed by atoms with E-state index in [1.807, 2.05) is 26.8 Å². The second-order valence-corrected chi connectivity index (χ2v) is 6.52. The number of carbonyl (C=O) groups is 2. The van der Waals surface area contributed by atoms with Crippen LogP contribution in [-0.2, 0) is 9.59 Å².